The molecule has 1 atom stereocenters. The van der Waals surface area contributed by atoms with E-state index in [0.717, 1.165) is 35.4 Å². The third-order valence-corrected chi connectivity index (χ3v) is 4.92. The molecule has 1 unspecified atom stereocenters. The maximum Gasteiger partial charge on any atom is 0.341 e. The fraction of sp³-hybridized carbons (Fsp3) is 0.400. The summed E-state index contributed by atoms with van der Waals surface area (Å²) in [6.07, 6.45) is 2.20. The number of ether oxygens (including phenoxy) is 1. The Bertz CT molecular complexity index is 728. The second-order valence-electron chi connectivity index (χ2n) is 6.23. The van der Waals surface area contributed by atoms with Crippen LogP contribution in [0.15, 0.2) is 35.7 Å². The summed E-state index contributed by atoms with van der Waals surface area (Å²) >= 11 is 1.36. The molecule has 0 fully saturated rings. The van der Waals surface area contributed by atoms with E-state index < -0.39 is 5.97 Å². The van der Waals surface area contributed by atoms with Gasteiger partial charge in [0.05, 0.1) is 20.2 Å². The molecular weight excluding hydrogens is 348 g/mol. The van der Waals surface area contributed by atoms with Crippen molar-refractivity contribution in [2.75, 3.05) is 32.1 Å². The van der Waals surface area contributed by atoms with Crippen molar-refractivity contribution in [3.63, 3.8) is 0 Å². The minimum Gasteiger partial charge on any atom is -0.462 e. The van der Waals surface area contributed by atoms with Gasteiger partial charge in [0.25, 0.3) is 5.91 Å². The molecule has 0 saturated heterocycles. The van der Waals surface area contributed by atoms with E-state index in [1.165, 1.54) is 11.3 Å². The van der Waals surface area contributed by atoms with Gasteiger partial charge in [-0.2, -0.15) is 0 Å². The van der Waals surface area contributed by atoms with Gasteiger partial charge in [0, 0.05) is 10.9 Å². The first-order valence-corrected chi connectivity index (χ1v) is 9.89. The average molecular weight is 376 g/mol. The lowest BCUT2D eigenvalue weighted by atomic mass is 10.0. The lowest BCUT2D eigenvalue weighted by Gasteiger charge is -2.13. The number of carbonyl (C=O) groups is 2. The highest BCUT2D eigenvalue weighted by Gasteiger charge is 2.23. The lowest BCUT2D eigenvalue weighted by Crippen LogP contribution is -3.10. The quantitative estimate of drug-likeness (QED) is 0.663. The number of quaternary nitrogens is 1. The van der Waals surface area contributed by atoms with Crippen LogP contribution in [0, 0.1) is 0 Å². The van der Waals surface area contributed by atoms with Crippen molar-refractivity contribution in [2.45, 2.75) is 26.7 Å². The number of benzene rings is 1. The van der Waals surface area contributed by atoms with Gasteiger partial charge in [-0.05, 0) is 18.9 Å². The Kier molecular flexibility index (Phi) is 7.81. The summed E-state index contributed by atoms with van der Waals surface area (Å²) in [6.45, 7) is 5.53. The van der Waals surface area contributed by atoms with Crippen LogP contribution in [0.25, 0.3) is 11.1 Å². The SMILES string of the molecule is CCCC[NH+](C)CC(=O)Nc1scc(-c2ccccc2)c1C(=O)OCC. The predicted octanol–water partition coefficient (Wildman–Crippen LogP) is 2.85. The van der Waals surface area contributed by atoms with E-state index in [2.05, 4.69) is 12.2 Å². The molecule has 0 spiro atoms. The Labute approximate surface area is 159 Å². The number of esters is 1. The van der Waals surface area contributed by atoms with E-state index in [1.54, 1.807) is 6.92 Å². The maximum atomic E-state index is 12.5. The van der Waals surface area contributed by atoms with Gasteiger partial charge in [-0.15, -0.1) is 11.3 Å². The molecule has 140 valence electrons. The van der Waals surface area contributed by atoms with Gasteiger partial charge in [-0.3, -0.25) is 4.79 Å². The molecule has 0 bridgehead atoms. The van der Waals surface area contributed by atoms with E-state index in [4.69, 9.17) is 4.74 Å². The van der Waals surface area contributed by atoms with Gasteiger partial charge in [0.1, 0.15) is 10.6 Å². The Morgan fingerprint density at radius 2 is 1.92 bits per heavy atom. The molecule has 0 aliphatic heterocycles. The standard InChI is InChI=1S/C20H26N2O3S/c1-4-6-12-22(3)13-17(23)21-19-18(20(24)25-5-2)16(14-26-19)15-10-8-7-9-11-15/h7-11,14H,4-6,12-13H2,1-3H3,(H,21,23)/p+1. The average Bonchev–Trinajstić information content (AvgIpc) is 3.04. The van der Waals surface area contributed by atoms with Crippen LogP contribution < -0.4 is 10.2 Å². The Morgan fingerprint density at radius 1 is 1.19 bits per heavy atom. The molecule has 2 rings (SSSR count). The minimum absolute atomic E-state index is 0.0920. The third kappa shape index (κ3) is 5.41. The van der Waals surface area contributed by atoms with Crippen LogP contribution in [0.5, 0.6) is 0 Å². The van der Waals surface area contributed by atoms with Crippen LogP contribution in [0.4, 0.5) is 5.00 Å². The fourth-order valence-electron chi connectivity index (χ4n) is 2.70. The zero-order valence-electron chi connectivity index (χ0n) is 15.6. The van der Waals surface area contributed by atoms with Crippen molar-refractivity contribution in [1.82, 2.24) is 0 Å². The second-order valence-corrected chi connectivity index (χ2v) is 7.11. The number of anilines is 1. The molecule has 0 aliphatic rings. The Hall–Kier alpha value is -2.18. The van der Waals surface area contributed by atoms with Crippen molar-refractivity contribution >= 4 is 28.2 Å². The first-order chi connectivity index (χ1) is 12.6. The summed E-state index contributed by atoms with van der Waals surface area (Å²) in [6, 6.07) is 9.66. The van der Waals surface area contributed by atoms with Crippen LogP contribution in [-0.2, 0) is 9.53 Å². The molecule has 2 N–H and O–H groups in total. The van der Waals surface area contributed by atoms with Crippen molar-refractivity contribution in [1.29, 1.82) is 0 Å². The van der Waals surface area contributed by atoms with Crippen molar-refractivity contribution in [2.24, 2.45) is 0 Å². The summed E-state index contributed by atoms with van der Waals surface area (Å²) in [7, 11) is 2.01. The molecule has 0 saturated carbocycles. The lowest BCUT2D eigenvalue weighted by molar-refractivity contribution is -0.871. The van der Waals surface area contributed by atoms with E-state index in [9.17, 15) is 9.59 Å². The number of hydrogen-bond acceptors (Lipinski definition) is 4. The van der Waals surface area contributed by atoms with Crippen LogP contribution in [0.3, 0.4) is 0 Å². The van der Waals surface area contributed by atoms with E-state index in [1.807, 2.05) is 42.8 Å². The van der Waals surface area contributed by atoms with Gasteiger partial charge in [-0.1, -0.05) is 43.7 Å². The number of amides is 1. The summed E-state index contributed by atoms with van der Waals surface area (Å²) in [5.74, 6) is -0.500. The Morgan fingerprint density at radius 3 is 2.58 bits per heavy atom. The predicted molar refractivity (Wildman–Crippen MR) is 106 cm³/mol. The summed E-state index contributed by atoms with van der Waals surface area (Å²) < 4.78 is 5.22. The minimum atomic E-state index is -0.408. The van der Waals surface area contributed by atoms with Crippen molar-refractivity contribution < 1.29 is 19.2 Å². The van der Waals surface area contributed by atoms with Gasteiger partial charge in [0.15, 0.2) is 6.54 Å². The highest BCUT2D eigenvalue weighted by Crippen LogP contribution is 2.36. The Balaban J connectivity index is 2.21. The van der Waals surface area contributed by atoms with Crippen molar-refractivity contribution in [3.8, 4) is 11.1 Å². The molecule has 1 amide bonds. The second kappa shape index (κ2) is 10.1. The van der Waals surface area contributed by atoms with E-state index in [-0.39, 0.29) is 5.91 Å². The van der Waals surface area contributed by atoms with Crippen LogP contribution >= 0.6 is 11.3 Å². The van der Waals surface area contributed by atoms with Gasteiger partial charge < -0.3 is 15.0 Å². The number of rotatable bonds is 9. The van der Waals surface area contributed by atoms with E-state index in [0.29, 0.717) is 23.7 Å². The highest BCUT2D eigenvalue weighted by molar-refractivity contribution is 7.15. The number of likely N-dealkylation sites (N-methyl/N-ethyl adjacent to an activating group) is 1. The van der Waals surface area contributed by atoms with Crippen molar-refractivity contribution in [3.05, 3.63) is 41.3 Å². The smallest absolute Gasteiger partial charge is 0.341 e. The molecule has 6 heteroatoms. The molecule has 0 aliphatic carbocycles. The van der Waals surface area contributed by atoms with Crippen LogP contribution in [0.2, 0.25) is 0 Å². The number of carbonyl (C=O) groups excluding carboxylic acids is 2. The summed E-state index contributed by atoms with van der Waals surface area (Å²) in [4.78, 5) is 26.0. The number of unbranched alkanes of at least 4 members (excludes halogenated alkanes) is 1. The molecule has 2 aromatic rings. The summed E-state index contributed by atoms with van der Waals surface area (Å²) in [5.41, 5.74) is 2.15. The number of nitrogens with one attached hydrogen (secondary N) is 2. The summed E-state index contributed by atoms with van der Waals surface area (Å²) in [5, 5.41) is 5.35. The molecule has 0 radical (unpaired) electrons. The van der Waals surface area contributed by atoms with Gasteiger partial charge >= 0.3 is 5.97 Å². The molecule has 1 aromatic carbocycles. The fourth-order valence-corrected chi connectivity index (χ4v) is 3.67. The molecule has 5 nitrogen and oxygen atoms in total. The third-order valence-electron chi connectivity index (χ3n) is 4.03. The highest BCUT2D eigenvalue weighted by atomic mass is 32.1. The van der Waals surface area contributed by atoms with Crippen LogP contribution in [0.1, 0.15) is 37.0 Å². The molecule has 26 heavy (non-hydrogen) atoms. The molecule has 1 heterocycles. The first kappa shape index (κ1) is 20.1. The van der Waals surface area contributed by atoms with Gasteiger partial charge in [-0.25, -0.2) is 4.79 Å². The van der Waals surface area contributed by atoms with Crippen LogP contribution in [-0.4, -0.2) is 38.6 Å². The normalized spacial score (nSPS) is 11.8. The number of thiophene rings is 1. The molecule has 1 aromatic heterocycles. The maximum absolute atomic E-state index is 12.5. The monoisotopic (exact) mass is 375 g/mol. The van der Waals surface area contributed by atoms with Gasteiger partial charge in [0.2, 0.25) is 0 Å². The molecular formula is C20H27N2O3S+. The largest absolute Gasteiger partial charge is 0.462 e. The van der Waals surface area contributed by atoms with E-state index >= 15 is 0 Å². The first-order valence-electron chi connectivity index (χ1n) is 9.02. The number of hydrogen-bond donors (Lipinski definition) is 2. The zero-order valence-corrected chi connectivity index (χ0v) is 16.4. The zero-order chi connectivity index (χ0) is 18.9. The topological polar surface area (TPSA) is 59.8 Å².